The van der Waals surface area contributed by atoms with Gasteiger partial charge in [0.15, 0.2) is 0 Å². The zero-order valence-electron chi connectivity index (χ0n) is 7.05. The van der Waals surface area contributed by atoms with E-state index in [1.54, 1.807) is 0 Å². The van der Waals surface area contributed by atoms with E-state index in [-0.39, 0.29) is 0 Å². The third kappa shape index (κ3) is 1.73. The summed E-state index contributed by atoms with van der Waals surface area (Å²) in [5.41, 5.74) is 0.793. The molecule has 1 nitrogen and oxygen atoms in total. The number of hydrogen-bond donors (Lipinski definition) is 1. The third-order valence-electron chi connectivity index (χ3n) is 3.11. The fourth-order valence-corrected chi connectivity index (χ4v) is 2.51. The predicted octanol–water partition coefficient (Wildman–Crippen LogP) is 1.79. The maximum atomic E-state index is 4.27. The molecule has 0 atom stereocenters. The quantitative estimate of drug-likeness (QED) is 0.620. The van der Waals surface area contributed by atoms with Crippen LogP contribution in [0.1, 0.15) is 25.7 Å². The van der Waals surface area contributed by atoms with E-state index in [1.807, 2.05) is 0 Å². The molecule has 1 spiro atoms. The van der Waals surface area contributed by atoms with Gasteiger partial charge in [0.25, 0.3) is 0 Å². The second-order valence-corrected chi connectivity index (χ2v) is 4.55. The van der Waals surface area contributed by atoms with Crippen LogP contribution in [0.5, 0.6) is 0 Å². The van der Waals surface area contributed by atoms with Crippen LogP contribution in [0.3, 0.4) is 0 Å². The summed E-state index contributed by atoms with van der Waals surface area (Å²) in [7, 11) is 0. The van der Waals surface area contributed by atoms with E-state index < -0.39 is 0 Å². The second kappa shape index (κ2) is 2.98. The molecule has 64 valence electrons. The van der Waals surface area contributed by atoms with Crippen LogP contribution in [0, 0.1) is 5.41 Å². The second-order valence-electron chi connectivity index (χ2n) is 4.10. The molecular formula is C9H17NS. The Kier molecular flexibility index (Phi) is 2.15. The topological polar surface area (TPSA) is 3.24 Å². The number of nitrogens with zero attached hydrogens (tertiary/aromatic N) is 1. The molecule has 2 heteroatoms. The summed E-state index contributed by atoms with van der Waals surface area (Å²) in [5.74, 6) is 1.02. The Hall–Kier alpha value is 0.310. The molecule has 1 saturated heterocycles. The molecule has 1 heterocycles. The Morgan fingerprint density at radius 1 is 1.27 bits per heavy atom. The van der Waals surface area contributed by atoms with Gasteiger partial charge in [-0.3, -0.25) is 0 Å². The van der Waals surface area contributed by atoms with Gasteiger partial charge >= 0.3 is 0 Å². The van der Waals surface area contributed by atoms with E-state index in [9.17, 15) is 0 Å². The molecule has 0 amide bonds. The van der Waals surface area contributed by atoms with Crippen LogP contribution < -0.4 is 0 Å². The van der Waals surface area contributed by atoms with Gasteiger partial charge < -0.3 is 4.90 Å². The summed E-state index contributed by atoms with van der Waals surface area (Å²) in [5, 5.41) is 0. The Balaban J connectivity index is 1.83. The highest BCUT2D eigenvalue weighted by Gasteiger charge is 2.44. The lowest BCUT2D eigenvalue weighted by Crippen LogP contribution is -2.37. The van der Waals surface area contributed by atoms with Crippen molar-refractivity contribution >= 4 is 12.6 Å². The first-order chi connectivity index (χ1) is 5.35. The predicted molar refractivity (Wildman–Crippen MR) is 51.2 cm³/mol. The van der Waals surface area contributed by atoms with Crippen LogP contribution in [0.4, 0.5) is 0 Å². The van der Waals surface area contributed by atoms with Gasteiger partial charge in [-0.25, -0.2) is 0 Å². The van der Waals surface area contributed by atoms with Crippen molar-refractivity contribution in [3.05, 3.63) is 0 Å². The average molecular weight is 171 g/mol. The first-order valence-corrected chi connectivity index (χ1v) is 5.31. The molecule has 1 aliphatic heterocycles. The van der Waals surface area contributed by atoms with Gasteiger partial charge in [0.2, 0.25) is 0 Å². The Bertz CT molecular complexity index is 140. The summed E-state index contributed by atoms with van der Waals surface area (Å²) in [6.07, 6.45) is 5.91. The van der Waals surface area contributed by atoms with Gasteiger partial charge in [-0.1, -0.05) is 0 Å². The molecule has 2 rings (SSSR count). The van der Waals surface area contributed by atoms with Crippen molar-refractivity contribution in [3.63, 3.8) is 0 Å². The van der Waals surface area contributed by atoms with Crippen molar-refractivity contribution in [2.45, 2.75) is 25.7 Å². The number of hydrogen-bond acceptors (Lipinski definition) is 2. The van der Waals surface area contributed by atoms with Crippen molar-refractivity contribution in [1.82, 2.24) is 4.90 Å². The van der Waals surface area contributed by atoms with E-state index >= 15 is 0 Å². The minimum Gasteiger partial charge on any atom is -0.302 e. The monoisotopic (exact) mass is 171 g/mol. The normalized spacial score (nSPS) is 29.2. The van der Waals surface area contributed by atoms with Crippen LogP contribution in [0.2, 0.25) is 0 Å². The number of thiol groups is 1. The highest BCUT2D eigenvalue weighted by molar-refractivity contribution is 7.80. The summed E-state index contributed by atoms with van der Waals surface area (Å²) >= 11 is 4.27. The van der Waals surface area contributed by atoms with Crippen molar-refractivity contribution in [3.8, 4) is 0 Å². The van der Waals surface area contributed by atoms with E-state index in [4.69, 9.17) is 0 Å². The van der Waals surface area contributed by atoms with Crippen LogP contribution >= 0.6 is 12.6 Å². The summed E-state index contributed by atoms with van der Waals surface area (Å²) < 4.78 is 0. The molecule has 2 fully saturated rings. The lowest BCUT2D eigenvalue weighted by molar-refractivity contribution is 0.170. The molecule has 0 N–H and O–H groups in total. The molecule has 11 heavy (non-hydrogen) atoms. The SMILES string of the molecule is SCCN1CCCC2(CC2)C1. The van der Waals surface area contributed by atoms with Crippen molar-refractivity contribution in [2.75, 3.05) is 25.4 Å². The molecule has 0 aromatic rings. The highest BCUT2D eigenvalue weighted by Crippen LogP contribution is 2.51. The zero-order valence-corrected chi connectivity index (χ0v) is 7.95. The van der Waals surface area contributed by atoms with Gasteiger partial charge in [0.05, 0.1) is 0 Å². The Labute approximate surface area is 74.6 Å². The molecular weight excluding hydrogens is 154 g/mol. The highest BCUT2D eigenvalue weighted by atomic mass is 32.1. The summed E-state index contributed by atoms with van der Waals surface area (Å²) in [6, 6.07) is 0. The van der Waals surface area contributed by atoms with E-state index in [0.29, 0.717) is 0 Å². The maximum Gasteiger partial charge on any atom is 0.00701 e. The minimum atomic E-state index is 0.793. The largest absolute Gasteiger partial charge is 0.302 e. The van der Waals surface area contributed by atoms with Crippen molar-refractivity contribution in [2.24, 2.45) is 5.41 Å². The van der Waals surface area contributed by atoms with Crippen LogP contribution in [-0.4, -0.2) is 30.3 Å². The summed E-state index contributed by atoms with van der Waals surface area (Å²) in [4.78, 5) is 2.59. The van der Waals surface area contributed by atoms with E-state index in [0.717, 1.165) is 11.2 Å². The lowest BCUT2D eigenvalue weighted by atomic mass is 9.95. The Morgan fingerprint density at radius 3 is 2.73 bits per heavy atom. The average Bonchev–Trinajstić information content (AvgIpc) is 2.70. The smallest absolute Gasteiger partial charge is 0.00701 e. The maximum absolute atomic E-state index is 4.27. The van der Waals surface area contributed by atoms with Gasteiger partial charge in [0.1, 0.15) is 0 Å². The molecule has 1 aliphatic carbocycles. The standard InChI is InChI=1S/C9H17NS/c11-7-6-10-5-1-2-9(8-10)3-4-9/h11H,1-8H2. The lowest BCUT2D eigenvalue weighted by Gasteiger charge is -2.32. The van der Waals surface area contributed by atoms with Crippen LogP contribution in [-0.2, 0) is 0 Å². The fourth-order valence-electron chi connectivity index (χ4n) is 2.23. The van der Waals surface area contributed by atoms with Crippen molar-refractivity contribution in [1.29, 1.82) is 0 Å². The summed E-state index contributed by atoms with van der Waals surface area (Å²) in [6.45, 7) is 3.89. The van der Waals surface area contributed by atoms with Gasteiger partial charge in [-0.15, -0.1) is 0 Å². The third-order valence-corrected chi connectivity index (χ3v) is 3.31. The van der Waals surface area contributed by atoms with Crippen molar-refractivity contribution < 1.29 is 0 Å². The first-order valence-electron chi connectivity index (χ1n) is 4.68. The molecule has 1 saturated carbocycles. The van der Waals surface area contributed by atoms with Gasteiger partial charge in [0, 0.05) is 18.8 Å². The Morgan fingerprint density at radius 2 is 2.09 bits per heavy atom. The molecule has 0 aromatic carbocycles. The fraction of sp³-hybridized carbons (Fsp3) is 1.00. The number of piperidine rings is 1. The van der Waals surface area contributed by atoms with Gasteiger partial charge in [-0.05, 0) is 37.6 Å². The minimum absolute atomic E-state index is 0.793. The van der Waals surface area contributed by atoms with Crippen LogP contribution in [0.25, 0.3) is 0 Å². The number of rotatable bonds is 2. The molecule has 0 radical (unpaired) electrons. The first kappa shape index (κ1) is 7.93. The van der Waals surface area contributed by atoms with E-state index in [2.05, 4.69) is 17.5 Å². The molecule has 0 unspecified atom stereocenters. The van der Waals surface area contributed by atoms with Crippen LogP contribution in [0.15, 0.2) is 0 Å². The van der Waals surface area contributed by atoms with Gasteiger partial charge in [-0.2, -0.15) is 12.6 Å². The molecule has 0 bridgehead atoms. The van der Waals surface area contributed by atoms with E-state index in [1.165, 1.54) is 45.3 Å². The molecule has 2 aliphatic rings. The zero-order chi connectivity index (χ0) is 7.73. The molecule has 0 aromatic heterocycles. The number of likely N-dealkylation sites (tertiary alicyclic amines) is 1.